The molecule has 8 heteroatoms. The van der Waals surface area contributed by atoms with E-state index in [4.69, 9.17) is 0 Å². The van der Waals surface area contributed by atoms with Gasteiger partial charge >= 0.3 is 0 Å². The normalized spacial score (nSPS) is 19.5. The summed E-state index contributed by atoms with van der Waals surface area (Å²) in [4.78, 5) is 29.2. The molecule has 4 aromatic rings. The number of carbonyl (C=O) groups excluding carboxylic acids is 1. The number of hydrogen-bond donors (Lipinski definition) is 2. The zero-order chi connectivity index (χ0) is 25.9. The Morgan fingerprint density at radius 2 is 1.51 bits per heavy atom. The number of hydrazine groups is 1. The van der Waals surface area contributed by atoms with Crippen LogP contribution in [0.15, 0.2) is 101 Å². The van der Waals surface area contributed by atoms with Gasteiger partial charge in [0, 0.05) is 23.2 Å². The molecule has 190 valence electrons. The van der Waals surface area contributed by atoms with Crippen LogP contribution in [0.3, 0.4) is 0 Å². The van der Waals surface area contributed by atoms with E-state index in [1.807, 2.05) is 67.6 Å². The first-order valence-corrected chi connectivity index (χ1v) is 13.8. The molecule has 1 amide bonds. The number of aryl methyl sites for hydroxylation is 1. The summed E-state index contributed by atoms with van der Waals surface area (Å²) in [6, 6.07) is 29.4. The first-order chi connectivity index (χ1) is 18.0. The van der Waals surface area contributed by atoms with Gasteiger partial charge in [0.05, 0.1) is 33.8 Å². The Kier molecular flexibility index (Phi) is 7.12. The lowest BCUT2D eigenvalue weighted by Gasteiger charge is -2.16. The number of benzene rings is 3. The molecular weight excluding hydrogens is 482 g/mol. The van der Waals surface area contributed by atoms with Gasteiger partial charge in [-0.15, -0.1) is 10.5 Å². The second kappa shape index (κ2) is 10.6. The molecule has 6 rings (SSSR count). The van der Waals surface area contributed by atoms with E-state index in [2.05, 4.69) is 53.5 Å². The van der Waals surface area contributed by atoms with Gasteiger partial charge in [-0.3, -0.25) is 14.7 Å². The van der Waals surface area contributed by atoms with Crippen LogP contribution >= 0.6 is 10.5 Å². The second-order valence-corrected chi connectivity index (χ2v) is 10.9. The fourth-order valence-corrected chi connectivity index (χ4v) is 7.27. The SMILES string of the molecule is CCN1C/S(=C2\C(=O)N(c3ccccc3)NC2C)c2ccccc21.Cc1cc(=O)n(-c2ccccc2)[nH]1. The number of nitrogens with one attached hydrogen (secondary N) is 2. The predicted molar refractivity (Wildman–Crippen MR) is 153 cm³/mol. The Hall–Kier alpha value is -3.88. The third-order valence-electron chi connectivity index (χ3n) is 6.41. The van der Waals surface area contributed by atoms with Crippen LogP contribution < -0.4 is 20.9 Å². The topological polar surface area (TPSA) is 73.4 Å². The summed E-state index contributed by atoms with van der Waals surface area (Å²) in [5, 5.41) is 4.66. The summed E-state index contributed by atoms with van der Waals surface area (Å²) < 4.78 is 1.52. The summed E-state index contributed by atoms with van der Waals surface area (Å²) >= 11 is 0. The molecule has 0 radical (unpaired) electrons. The van der Waals surface area contributed by atoms with Gasteiger partial charge in [0.25, 0.3) is 11.5 Å². The number of nitrogens with zero attached hydrogens (tertiary/aromatic N) is 3. The van der Waals surface area contributed by atoms with E-state index in [1.54, 1.807) is 11.1 Å². The molecule has 2 unspecified atom stereocenters. The molecule has 3 heterocycles. The quantitative estimate of drug-likeness (QED) is 0.390. The third kappa shape index (κ3) is 4.90. The first kappa shape index (κ1) is 24.8. The number of hydrogen-bond acceptors (Lipinski definition) is 4. The van der Waals surface area contributed by atoms with Crippen LogP contribution in [0.1, 0.15) is 19.5 Å². The van der Waals surface area contributed by atoms with Crippen LogP contribution in [0.4, 0.5) is 11.4 Å². The summed E-state index contributed by atoms with van der Waals surface area (Å²) in [6.45, 7) is 7.08. The van der Waals surface area contributed by atoms with Crippen molar-refractivity contribution < 1.29 is 4.79 Å². The molecule has 3 aromatic carbocycles. The highest BCUT2D eigenvalue weighted by Crippen LogP contribution is 2.45. The Labute approximate surface area is 219 Å². The molecule has 1 saturated heterocycles. The van der Waals surface area contributed by atoms with E-state index in [-0.39, 0.29) is 28.0 Å². The van der Waals surface area contributed by atoms with E-state index >= 15 is 0 Å². The number of aromatic nitrogens is 2. The van der Waals surface area contributed by atoms with Crippen molar-refractivity contribution in [2.45, 2.75) is 31.7 Å². The number of fused-ring (bicyclic) bond motifs is 1. The lowest BCUT2D eigenvalue weighted by Crippen LogP contribution is -2.36. The van der Waals surface area contributed by atoms with Crippen molar-refractivity contribution in [3.05, 3.63) is 107 Å². The summed E-state index contributed by atoms with van der Waals surface area (Å²) in [7, 11) is -0.173. The van der Waals surface area contributed by atoms with Crippen molar-refractivity contribution in [3.8, 4) is 5.69 Å². The van der Waals surface area contributed by atoms with E-state index in [9.17, 15) is 9.59 Å². The molecule has 0 aliphatic carbocycles. The Balaban J connectivity index is 0.000000182. The van der Waals surface area contributed by atoms with Crippen LogP contribution in [0.5, 0.6) is 0 Å². The van der Waals surface area contributed by atoms with Crippen molar-refractivity contribution in [3.63, 3.8) is 0 Å². The molecule has 2 aliphatic rings. The van der Waals surface area contributed by atoms with Gasteiger partial charge in [-0.2, -0.15) is 0 Å². The highest BCUT2D eigenvalue weighted by Gasteiger charge is 2.38. The van der Waals surface area contributed by atoms with Crippen molar-refractivity contribution in [2.75, 3.05) is 22.3 Å². The van der Waals surface area contributed by atoms with Crippen molar-refractivity contribution in [1.29, 1.82) is 0 Å². The average Bonchev–Trinajstić information content (AvgIpc) is 3.57. The molecule has 37 heavy (non-hydrogen) atoms. The maximum atomic E-state index is 13.1. The largest absolute Gasteiger partial charge is 0.362 e. The Morgan fingerprint density at radius 1 is 0.892 bits per heavy atom. The second-order valence-electron chi connectivity index (χ2n) is 8.98. The molecule has 0 spiro atoms. The smallest absolute Gasteiger partial charge is 0.276 e. The maximum absolute atomic E-state index is 13.1. The van der Waals surface area contributed by atoms with E-state index in [0.717, 1.165) is 34.4 Å². The van der Waals surface area contributed by atoms with E-state index < -0.39 is 0 Å². The van der Waals surface area contributed by atoms with Crippen molar-refractivity contribution in [2.24, 2.45) is 0 Å². The molecule has 1 fully saturated rings. The molecule has 2 aliphatic heterocycles. The van der Waals surface area contributed by atoms with E-state index in [1.165, 1.54) is 15.3 Å². The van der Waals surface area contributed by atoms with Gasteiger partial charge in [0.15, 0.2) is 0 Å². The van der Waals surface area contributed by atoms with Gasteiger partial charge in [-0.1, -0.05) is 48.5 Å². The zero-order valence-corrected chi connectivity index (χ0v) is 22.0. The number of rotatable bonds is 3. The molecule has 7 nitrogen and oxygen atoms in total. The zero-order valence-electron chi connectivity index (χ0n) is 21.2. The lowest BCUT2D eigenvalue weighted by molar-refractivity contribution is -0.112. The number of H-pyrrole nitrogens is 1. The first-order valence-electron chi connectivity index (χ1n) is 12.4. The average molecular weight is 514 g/mol. The minimum Gasteiger partial charge on any atom is -0.362 e. The van der Waals surface area contributed by atoms with Crippen molar-refractivity contribution in [1.82, 2.24) is 15.2 Å². The molecular formula is C29H31N5O2S. The number of carbonyl (C=O) groups is 1. The summed E-state index contributed by atoms with van der Waals surface area (Å²) in [6.07, 6.45) is 0. The predicted octanol–water partition coefficient (Wildman–Crippen LogP) is 4.70. The lowest BCUT2D eigenvalue weighted by atomic mass is 10.2. The van der Waals surface area contributed by atoms with E-state index in [0.29, 0.717) is 0 Å². The summed E-state index contributed by atoms with van der Waals surface area (Å²) in [5.74, 6) is 1.01. The number of amides is 1. The van der Waals surface area contributed by atoms with Crippen LogP contribution in [0, 0.1) is 6.92 Å². The highest BCUT2D eigenvalue weighted by atomic mass is 32.2. The van der Waals surface area contributed by atoms with Gasteiger partial charge in [0.1, 0.15) is 0 Å². The molecule has 2 N–H and O–H groups in total. The van der Waals surface area contributed by atoms with Gasteiger partial charge in [-0.05, 0) is 57.2 Å². The van der Waals surface area contributed by atoms with Gasteiger partial charge in [-0.25, -0.2) is 15.1 Å². The standard InChI is InChI=1S/C19H21N3OS.C10H10N2O/c1-3-21-13-24(17-12-8-7-11-16(17)21)18-14(2)20-22(19(18)23)15-9-5-4-6-10-15;1-8-7-10(13)12(11-8)9-5-3-2-4-6-9/h4-12,14,20H,3,13H2,1-2H3;2-7,11H,1H3. The summed E-state index contributed by atoms with van der Waals surface area (Å²) in [5.41, 5.74) is 7.22. The number of para-hydroxylation sites is 3. The van der Waals surface area contributed by atoms with Crippen LogP contribution in [-0.4, -0.2) is 39.0 Å². The van der Waals surface area contributed by atoms with Crippen LogP contribution in [0.25, 0.3) is 5.69 Å². The Bertz CT molecular complexity index is 1490. The molecule has 0 bridgehead atoms. The minimum absolute atomic E-state index is 0.0244. The van der Waals surface area contributed by atoms with Crippen LogP contribution in [-0.2, 0) is 4.79 Å². The third-order valence-corrected chi connectivity index (χ3v) is 8.92. The van der Waals surface area contributed by atoms with Crippen molar-refractivity contribution >= 4 is 32.6 Å². The maximum Gasteiger partial charge on any atom is 0.276 e. The number of anilines is 2. The fraction of sp³-hybridized carbons (Fsp3) is 0.207. The fourth-order valence-electron chi connectivity index (χ4n) is 4.65. The molecule has 0 saturated carbocycles. The molecule has 1 aromatic heterocycles. The highest BCUT2D eigenvalue weighted by molar-refractivity contribution is 8.17. The minimum atomic E-state index is -0.173. The van der Waals surface area contributed by atoms with Crippen LogP contribution in [0.2, 0.25) is 0 Å². The number of aromatic amines is 1. The monoisotopic (exact) mass is 513 g/mol. The Morgan fingerprint density at radius 3 is 2.14 bits per heavy atom. The van der Waals surface area contributed by atoms with Gasteiger partial charge in [0.2, 0.25) is 0 Å². The molecule has 2 atom stereocenters. The van der Waals surface area contributed by atoms with Gasteiger partial charge < -0.3 is 4.90 Å².